The molecule has 1 rings (SSSR count). The molecule has 20 heavy (non-hydrogen) atoms. The summed E-state index contributed by atoms with van der Waals surface area (Å²) in [4.78, 5) is 2.26. The third kappa shape index (κ3) is 5.86. The van der Waals surface area contributed by atoms with Crippen LogP contribution in [0.4, 0.5) is 10.1 Å². The van der Waals surface area contributed by atoms with E-state index in [9.17, 15) is 4.39 Å². The molecule has 0 aliphatic carbocycles. The fourth-order valence-corrected chi connectivity index (χ4v) is 2.05. The van der Waals surface area contributed by atoms with Gasteiger partial charge in [-0.2, -0.15) is 0 Å². The van der Waals surface area contributed by atoms with Gasteiger partial charge in [0.25, 0.3) is 0 Å². The molecule has 0 fully saturated rings. The van der Waals surface area contributed by atoms with Crippen molar-refractivity contribution in [3.8, 4) is 0 Å². The number of para-hydroxylation sites is 1. The van der Waals surface area contributed by atoms with Gasteiger partial charge in [-0.25, -0.2) is 4.39 Å². The quantitative estimate of drug-likeness (QED) is 0.714. The molecule has 114 valence electrons. The summed E-state index contributed by atoms with van der Waals surface area (Å²) in [6.07, 6.45) is 0. The van der Waals surface area contributed by atoms with Gasteiger partial charge in [-0.05, 0) is 19.1 Å². The first-order valence-corrected chi connectivity index (χ1v) is 6.89. The number of hydrogen-bond donors (Lipinski definition) is 1. The lowest BCUT2D eigenvalue weighted by atomic mass is 10.2. The molecule has 1 aromatic carbocycles. The first-order valence-electron chi connectivity index (χ1n) is 6.89. The fraction of sp³-hybridized carbons (Fsp3) is 0.600. The number of hydrogen-bond acceptors (Lipinski definition) is 4. The normalized spacial score (nSPS) is 12.7. The zero-order valence-electron chi connectivity index (χ0n) is 12.6. The molecule has 0 radical (unpaired) electrons. The van der Waals surface area contributed by atoms with Gasteiger partial charge in [0.15, 0.2) is 0 Å². The summed E-state index contributed by atoms with van der Waals surface area (Å²) in [5.41, 5.74) is 0.540. The highest BCUT2D eigenvalue weighted by Gasteiger charge is 2.13. The van der Waals surface area contributed by atoms with Crippen molar-refractivity contribution in [2.24, 2.45) is 0 Å². The Morgan fingerprint density at radius 1 is 1.20 bits per heavy atom. The van der Waals surface area contributed by atoms with E-state index < -0.39 is 0 Å². The van der Waals surface area contributed by atoms with E-state index in [1.807, 2.05) is 6.07 Å². The maximum Gasteiger partial charge on any atom is 0.146 e. The highest BCUT2D eigenvalue weighted by molar-refractivity contribution is 5.44. The first-order chi connectivity index (χ1) is 9.69. The van der Waals surface area contributed by atoms with Crippen LogP contribution in [0.1, 0.15) is 6.92 Å². The fourth-order valence-electron chi connectivity index (χ4n) is 2.05. The molecule has 0 spiro atoms. The maximum absolute atomic E-state index is 13.5. The van der Waals surface area contributed by atoms with Crippen LogP contribution < -0.4 is 5.32 Å². The van der Waals surface area contributed by atoms with Gasteiger partial charge in [-0.1, -0.05) is 12.1 Å². The number of benzene rings is 1. The van der Waals surface area contributed by atoms with Gasteiger partial charge in [0.05, 0.1) is 18.9 Å². The molecule has 1 N–H and O–H groups in total. The minimum atomic E-state index is -0.221. The molecule has 1 aromatic rings. The van der Waals surface area contributed by atoms with Crippen molar-refractivity contribution in [2.45, 2.75) is 13.0 Å². The summed E-state index contributed by atoms with van der Waals surface area (Å²) < 4.78 is 23.8. The topological polar surface area (TPSA) is 33.7 Å². The largest absolute Gasteiger partial charge is 0.383 e. The standard InChI is InChI=1S/C15H25FN2O2/c1-13(12-20-3)18(10-11-19-2)9-8-17-15-7-5-4-6-14(15)16/h4-7,13,17H,8-12H2,1-3H3. The summed E-state index contributed by atoms with van der Waals surface area (Å²) >= 11 is 0. The van der Waals surface area contributed by atoms with Crippen molar-refractivity contribution in [1.29, 1.82) is 0 Å². The van der Waals surface area contributed by atoms with E-state index >= 15 is 0 Å². The highest BCUT2D eigenvalue weighted by atomic mass is 19.1. The molecule has 0 heterocycles. The predicted octanol–water partition coefficient (Wildman–Crippen LogP) is 2.22. The lowest BCUT2D eigenvalue weighted by Crippen LogP contribution is -2.41. The molecule has 5 heteroatoms. The second kappa shape index (κ2) is 9.69. The van der Waals surface area contributed by atoms with E-state index in [2.05, 4.69) is 17.1 Å². The van der Waals surface area contributed by atoms with Crippen LogP contribution in [0.15, 0.2) is 24.3 Å². The Hall–Kier alpha value is -1.17. The van der Waals surface area contributed by atoms with Crippen LogP contribution in [-0.4, -0.2) is 58.0 Å². The number of halogens is 1. The Morgan fingerprint density at radius 2 is 1.95 bits per heavy atom. The highest BCUT2D eigenvalue weighted by Crippen LogP contribution is 2.11. The van der Waals surface area contributed by atoms with Gasteiger partial charge < -0.3 is 14.8 Å². The summed E-state index contributed by atoms with van der Waals surface area (Å²) in [6, 6.07) is 7.01. The molecule has 0 aliphatic rings. The Balaban J connectivity index is 2.43. The van der Waals surface area contributed by atoms with Gasteiger partial charge in [-0.3, -0.25) is 4.90 Å². The van der Waals surface area contributed by atoms with Gasteiger partial charge in [0, 0.05) is 39.9 Å². The van der Waals surface area contributed by atoms with E-state index in [0.29, 0.717) is 31.5 Å². The average molecular weight is 284 g/mol. The zero-order valence-corrected chi connectivity index (χ0v) is 12.6. The Morgan fingerprint density at radius 3 is 2.60 bits per heavy atom. The number of ether oxygens (including phenoxy) is 2. The van der Waals surface area contributed by atoms with Crippen molar-refractivity contribution in [1.82, 2.24) is 4.90 Å². The van der Waals surface area contributed by atoms with Gasteiger partial charge in [0.2, 0.25) is 0 Å². The molecule has 0 aromatic heterocycles. The summed E-state index contributed by atoms with van der Waals surface area (Å²) in [5.74, 6) is -0.221. The molecule has 0 bridgehead atoms. The van der Waals surface area contributed by atoms with Crippen LogP contribution in [0.2, 0.25) is 0 Å². The van der Waals surface area contributed by atoms with Crippen LogP contribution in [0.25, 0.3) is 0 Å². The first kappa shape index (κ1) is 16.9. The van der Waals surface area contributed by atoms with Crippen molar-refractivity contribution >= 4 is 5.69 Å². The second-order valence-corrected chi connectivity index (χ2v) is 4.74. The Labute approximate surface area is 120 Å². The van der Waals surface area contributed by atoms with Crippen LogP contribution in [-0.2, 0) is 9.47 Å². The second-order valence-electron chi connectivity index (χ2n) is 4.74. The van der Waals surface area contributed by atoms with Gasteiger partial charge in [-0.15, -0.1) is 0 Å². The molecule has 0 amide bonds. The van der Waals surface area contributed by atoms with Crippen molar-refractivity contribution in [3.63, 3.8) is 0 Å². The molecular weight excluding hydrogens is 259 g/mol. The SMILES string of the molecule is COCCN(CCNc1ccccc1F)C(C)COC. The number of nitrogens with zero attached hydrogens (tertiary/aromatic N) is 1. The summed E-state index contributed by atoms with van der Waals surface area (Å²) in [5, 5.41) is 3.12. The molecular formula is C15H25FN2O2. The molecule has 0 saturated carbocycles. The summed E-state index contributed by atoms with van der Waals surface area (Å²) in [7, 11) is 3.39. The van der Waals surface area contributed by atoms with Crippen LogP contribution in [0.5, 0.6) is 0 Å². The number of anilines is 1. The summed E-state index contributed by atoms with van der Waals surface area (Å²) in [6.45, 7) is 5.78. The van der Waals surface area contributed by atoms with Gasteiger partial charge in [0.1, 0.15) is 5.82 Å². The van der Waals surface area contributed by atoms with Crippen LogP contribution in [0, 0.1) is 5.82 Å². The van der Waals surface area contributed by atoms with E-state index in [0.717, 1.165) is 13.1 Å². The minimum Gasteiger partial charge on any atom is -0.383 e. The van der Waals surface area contributed by atoms with Crippen LogP contribution in [0.3, 0.4) is 0 Å². The van der Waals surface area contributed by atoms with Gasteiger partial charge >= 0.3 is 0 Å². The molecule has 0 aliphatic heterocycles. The Kier molecular flexibility index (Phi) is 8.18. The zero-order chi connectivity index (χ0) is 14.8. The lowest BCUT2D eigenvalue weighted by Gasteiger charge is -2.28. The average Bonchev–Trinajstić information content (AvgIpc) is 2.44. The molecule has 0 saturated heterocycles. The third-order valence-corrected chi connectivity index (χ3v) is 3.20. The lowest BCUT2D eigenvalue weighted by molar-refractivity contribution is 0.0777. The smallest absolute Gasteiger partial charge is 0.146 e. The third-order valence-electron chi connectivity index (χ3n) is 3.20. The molecule has 4 nitrogen and oxygen atoms in total. The van der Waals surface area contributed by atoms with Crippen molar-refractivity contribution in [3.05, 3.63) is 30.1 Å². The van der Waals surface area contributed by atoms with Crippen molar-refractivity contribution < 1.29 is 13.9 Å². The number of nitrogens with one attached hydrogen (secondary N) is 1. The molecule has 1 atom stereocenters. The maximum atomic E-state index is 13.5. The predicted molar refractivity (Wildman–Crippen MR) is 79.7 cm³/mol. The van der Waals surface area contributed by atoms with E-state index in [1.165, 1.54) is 6.07 Å². The minimum absolute atomic E-state index is 0.221. The van der Waals surface area contributed by atoms with E-state index in [1.54, 1.807) is 26.4 Å². The monoisotopic (exact) mass is 284 g/mol. The van der Waals surface area contributed by atoms with Crippen molar-refractivity contribution in [2.75, 3.05) is 52.4 Å². The molecule has 1 unspecified atom stereocenters. The number of rotatable bonds is 10. The number of methoxy groups -OCH3 is 2. The van der Waals surface area contributed by atoms with E-state index in [4.69, 9.17) is 9.47 Å². The van der Waals surface area contributed by atoms with Crippen LogP contribution >= 0.6 is 0 Å². The Bertz CT molecular complexity index is 377. The van der Waals surface area contributed by atoms with E-state index in [-0.39, 0.29) is 5.82 Å².